The number of hydrogen-bond acceptors (Lipinski definition) is 5. The van der Waals surface area contributed by atoms with Gasteiger partial charge in [-0.2, -0.15) is 4.37 Å². The molecule has 8 heteroatoms. The van der Waals surface area contributed by atoms with E-state index in [1.54, 1.807) is 12.1 Å². The molecule has 1 aliphatic heterocycles. The molecule has 0 atom stereocenters. The van der Waals surface area contributed by atoms with Gasteiger partial charge in [-0.1, -0.05) is 24.3 Å². The molecule has 2 aromatic carbocycles. The molecule has 0 bridgehead atoms. The monoisotopic (exact) mass is 411 g/mol. The third-order valence-electron chi connectivity index (χ3n) is 4.84. The topological polar surface area (TPSA) is 61.4 Å². The number of carbonyl (C=O) groups excluding carboxylic acids is 1. The second-order valence-corrected chi connectivity index (χ2v) is 7.80. The van der Waals surface area contributed by atoms with Crippen LogP contribution in [0.25, 0.3) is 0 Å². The second-order valence-electron chi connectivity index (χ2n) is 7.07. The molecule has 2 heterocycles. The molecule has 1 aromatic heterocycles. The Labute approximate surface area is 173 Å². The van der Waals surface area contributed by atoms with Crippen molar-refractivity contribution in [1.82, 2.24) is 14.3 Å². The maximum Gasteiger partial charge on any atom is 0.321 e. The van der Waals surface area contributed by atoms with Gasteiger partial charge in [0, 0.05) is 49.8 Å². The van der Waals surface area contributed by atoms with E-state index in [9.17, 15) is 9.18 Å². The lowest BCUT2D eigenvalue weighted by Crippen LogP contribution is -2.50. The number of amides is 2. The summed E-state index contributed by atoms with van der Waals surface area (Å²) >= 11 is 1.36. The zero-order valence-electron chi connectivity index (χ0n) is 16.1. The fourth-order valence-electron chi connectivity index (χ4n) is 3.26. The molecule has 3 aromatic rings. The quantitative estimate of drug-likeness (QED) is 0.707. The smallest absolute Gasteiger partial charge is 0.321 e. The number of rotatable bonds is 4. The van der Waals surface area contributed by atoms with E-state index in [1.165, 1.54) is 23.7 Å². The number of aromatic nitrogens is 2. The SMILES string of the molecule is Cc1cccc(NC(=O)N2CCN(c3nc(Cc4ccc(F)cc4)ns3)CC2)c1. The zero-order valence-corrected chi connectivity index (χ0v) is 17.0. The van der Waals surface area contributed by atoms with E-state index in [-0.39, 0.29) is 11.8 Å². The maximum atomic E-state index is 13.0. The molecule has 2 amide bonds. The van der Waals surface area contributed by atoms with E-state index < -0.39 is 0 Å². The molecule has 1 fully saturated rings. The molecule has 1 N–H and O–H groups in total. The lowest BCUT2D eigenvalue weighted by Gasteiger charge is -2.34. The third-order valence-corrected chi connectivity index (χ3v) is 5.65. The van der Waals surface area contributed by atoms with Gasteiger partial charge < -0.3 is 15.1 Å². The number of aryl methyl sites for hydroxylation is 1. The number of carbonyl (C=O) groups is 1. The summed E-state index contributed by atoms with van der Waals surface area (Å²) in [6.45, 7) is 4.69. The van der Waals surface area contributed by atoms with Gasteiger partial charge >= 0.3 is 6.03 Å². The van der Waals surface area contributed by atoms with Gasteiger partial charge in [-0.15, -0.1) is 0 Å². The van der Waals surface area contributed by atoms with Crippen LogP contribution in [0, 0.1) is 12.7 Å². The lowest BCUT2D eigenvalue weighted by molar-refractivity contribution is 0.208. The number of anilines is 2. The summed E-state index contributed by atoms with van der Waals surface area (Å²) in [6, 6.07) is 14.1. The molecular formula is C21H22FN5OS. The van der Waals surface area contributed by atoms with Crippen molar-refractivity contribution in [1.29, 1.82) is 0 Å². The average molecular weight is 412 g/mol. The van der Waals surface area contributed by atoms with E-state index in [2.05, 4.69) is 19.6 Å². The Morgan fingerprint density at radius 1 is 1.14 bits per heavy atom. The van der Waals surface area contributed by atoms with Crippen LogP contribution < -0.4 is 10.2 Å². The molecule has 0 spiro atoms. The predicted octanol–water partition coefficient (Wildman–Crippen LogP) is 3.93. The number of piperazine rings is 1. The Morgan fingerprint density at radius 2 is 1.90 bits per heavy atom. The number of urea groups is 1. The van der Waals surface area contributed by atoms with Gasteiger partial charge in [0.15, 0.2) is 0 Å². The number of halogens is 1. The molecule has 1 saturated heterocycles. The predicted molar refractivity (Wildman–Crippen MR) is 113 cm³/mol. The van der Waals surface area contributed by atoms with Gasteiger partial charge in [-0.05, 0) is 42.3 Å². The highest BCUT2D eigenvalue weighted by atomic mass is 32.1. The highest BCUT2D eigenvalue weighted by molar-refractivity contribution is 7.09. The van der Waals surface area contributed by atoms with Crippen molar-refractivity contribution in [2.24, 2.45) is 0 Å². The molecule has 0 radical (unpaired) electrons. The van der Waals surface area contributed by atoms with Crippen LogP contribution >= 0.6 is 11.5 Å². The molecule has 0 aliphatic carbocycles. The maximum absolute atomic E-state index is 13.0. The normalized spacial score (nSPS) is 14.1. The Hall–Kier alpha value is -3.00. The summed E-state index contributed by atoms with van der Waals surface area (Å²) in [5.41, 5.74) is 2.90. The molecule has 29 heavy (non-hydrogen) atoms. The summed E-state index contributed by atoms with van der Waals surface area (Å²) in [7, 11) is 0. The Bertz CT molecular complexity index is 983. The van der Waals surface area contributed by atoms with Crippen molar-refractivity contribution >= 4 is 28.4 Å². The summed E-state index contributed by atoms with van der Waals surface area (Å²) in [4.78, 5) is 21.1. The Kier molecular flexibility index (Phi) is 5.71. The molecular weight excluding hydrogens is 389 g/mol. The van der Waals surface area contributed by atoms with Crippen LogP contribution in [0.5, 0.6) is 0 Å². The summed E-state index contributed by atoms with van der Waals surface area (Å²) < 4.78 is 17.5. The highest BCUT2D eigenvalue weighted by Gasteiger charge is 2.23. The molecule has 150 valence electrons. The van der Waals surface area contributed by atoms with Crippen molar-refractivity contribution in [3.8, 4) is 0 Å². The minimum atomic E-state index is -0.245. The van der Waals surface area contributed by atoms with Gasteiger partial charge in [0.1, 0.15) is 11.6 Å². The van der Waals surface area contributed by atoms with E-state index in [0.717, 1.165) is 27.8 Å². The van der Waals surface area contributed by atoms with Gasteiger partial charge in [-0.25, -0.2) is 14.2 Å². The standard InChI is InChI=1S/C21H22FN5OS/c1-15-3-2-4-18(13-15)23-20(28)26-9-11-27(12-10-26)21-24-19(25-29-21)14-16-5-7-17(22)8-6-16/h2-8,13H,9-12,14H2,1H3,(H,23,28). The van der Waals surface area contributed by atoms with Gasteiger partial charge in [-0.3, -0.25) is 0 Å². The van der Waals surface area contributed by atoms with Crippen molar-refractivity contribution in [3.05, 3.63) is 71.3 Å². The zero-order chi connectivity index (χ0) is 20.2. The first kappa shape index (κ1) is 19.3. The summed E-state index contributed by atoms with van der Waals surface area (Å²) in [5, 5.41) is 3.82. The van der Waals surface area contributed by atoms with Crippen LogP contribution in [0.4, 0.5) is 20.0 Å². The highest BCUT2D eigenvalue weighted by Crippen LogP contribution is 2.21. The number of hydrogen-bond donors (Lipinski definition) is 1. The Morgan fingerprint density at radius 3 is 2.62 bits per heavy atom. The van der Waals surface area contributed by atoms with Crippen LogP contribution in [-0.2, 0) is 6.42 Å². The number of nitrogens with one attached hydrogen (secondary N) is 1. The number of benzene rings is 2. The molecule has 0 saturated carbocycles. The van der Waals surface area contributed by atoms with Crippen molar-refractivity contribution in [2.75, 3.05) is 36.4 Å². The lowest BCUT2D eigenvalue weighted by atomic mass is 10.1. The van der Waals surface area contributed by atoms with Crippen LogP contribution in [0.3, 0.4) is 0 Å². The van der Waals surface area contributed by atoms with Crippen LogP contribution in [0.2, 0.25) is 0 Å². The summed E-state index contributed by atoms with van der Waals surface area (Å²) in [5.74, 6) is 0.487. The third kappa shape index (κ3) is 4.89. The fraction of sp³-hybridized carbons (Fsp3) is 0.286. The van der Waals surface area contributed by atoms with E-state index >= 15 is 0 Å². The summed E-state index contributed by atoms with van der Waals surface area (Å²) in [6.07, 6.45) is 0.579. The Balaban J connectivity index is 1.31. The van der Waals surface area contributed by atoms with E-state index in [1.807, 2.05) is 36.1 Å². The average Bonchev–Trinajstić information content (AvgIpc) is 3.18. The van der Waals surface area contributed by atoms with E-state index in [4.69, 9.17) is 0 Å². The largest absolute Gasteiger partial charge is 0.343 e. The van der Waals surface area contributed by atoms with Crippen LogP contribution in [-0.4, -0.2) is 46.5 Å². The molecule has 6 nitrogen and oxygen atoms in total. The minimum Gasteiger partial charge on any atom is -0.343 e. The first-order valence-corrected chi connectivity index (χ1v) is 10.3. The van der Waals surface area contributed by atoms with Crippen LogP contribution in [0.1, 0.15) is 17.0 Å². The first-order valence-electron chi connectivity index (χ1n) is 9.51. The second kappa shape index (κ2) is 8.57. The molecule has 1 aliphatic rings. The fourth-order valence-corrected chi connectivity index (χ4v) is 3.99. The first-order chi connectivity index (χ1) is 14.1. The van der Waals surface area contributed by atoms with Crippen molar-refractivity contribution < 1.29 is 9.18 Å². The number of nitrogens with zero attached hydrogens (tertiary/aromatic N) is 4. The van der Waals surface area contributed by atoms with Gasteiger partial charge in [0.25, 0.3) is 0 Å². The van der Waals surface area contributed by atoms with E-state index in [0.29, 0.717) is 32.6 Å². The van der Waals surface area contributed by atoms with Crippen molar-refractivity contribution in [3.63, 3.8) is 0 Å². The van der Waals surface area contributed by atoms with Crippen molar-refractivity contribution in [2.45, 2.75) is 13.3 Å². The van der Waals surface area contributed by atoms with Gasteiger partial charge in [0.2, 0.25) is 5.13 Å². The molecule has 4 rings (SSSR count). The minimum absolute atomic E-state index is 0.0792. The van der Waals surface area contributed by atoms with Gasteiger partial charge in [0.05, 0.1) is 0 Å². The van der Waals surface area contributed by atoms with Crippen LogP contribution in [0.15, 0.2) is 48.5 Å². The molecule has 0 unspecified atom stereocenters.